The molecule has 8 heteroatoms. The predicted molar refractivity (Wildman–Crippen MR) is 135 cm³/mol. The van der Waals surface area contributed by atoms with E-state index in [9.17, 15) is 9.59 Å². The van der Waals surface area contributed by atoms with Crippen LogP contribution in [0.2, 0.25) is 10.0 Å². The molecular weight excluding hydrogens is 477 g/mol. The Labute approximate surface area is 207 Å². The monoisotopic (exact) mass is 501 g/mol. The van der Waals surface area contributed by atoms with Gasteiger partial charge in [0.25, 0.3) is 0 Å². The van der Waals surface area contributed by atoms with Crippen molar-refractivity contribution in [3.8, 4) is 0 Å². The molecule has 172 valence electrons. The Morgan fingerprint density at radius 1 is 0.970 bits per heavy atom. The number of carbonyl (C=O) groups excluding carboxylic acids is 2. The molecule has 1 N–H and O–H groups in total. The number of carbonyl (C=O) groups is 2. The number of halogens is 2. The van der Waals surface area contributed by atoms with Crippen molar-refractivity contribution in [2.45, 2.75) is 38.9 Å². The van der Waals surface area contributed by atoms with Crippen LogP contribution in [0, 0.1) is 6.92 Å². The molecule has 5 nitrogen and oxygen atoms in total. The second kappa shape index (κ2) is 10.6. The highest BCUT2D eigenvalue weighted by Gasteiger charge is 2.35. The molecule has 3 aromatic rings. The summed E-state index contributed by atoms with van der Waals surface area (Å²) in [5.41, 5.74) is 1.41. The number of para-hydroxylation sites is 1. The standard InChI is InChI=1S/C25H25Cl2N3O2S/c1-17-10-13-20(33-17)15-29(14-18-6-3-2-4-7-18)23(31)16-30(19-11-12-19)25(32)28-24-21(26)8-5-9-22(24)27/h2-10,13,19H,11-12,14-16H2,1H3,(H,28,32). The zero-order valence-electron chi connectivity index (χ0n) is 18.3. The highest BCUT2D eigenvalue weighted by Crippen LogP contribution is 2.32. The van der Waals surface area contributed by atoms with Crippen LogP contribution in [0.5, 0.6) is 0 Å². The van der Waals surface area contributed by atoms with Crippen LogP contribution < -0.4 is 5.32 Å². The van der Waals surface area contributed by atoms with E-state index in [0.717, 1.165) is 23.3 Å². The van der Waals surface area contributed by atoms with Crippen LogP contribution >= 0.6 is 34.5 Å². The van der Waals surface area contributed by atoms with Gasteiger partial charge in [0.05, 0.1) is 22.3 Å². The quantitative estimate of drug-likeness (QED) is 0.378. The third-order valence-electron chi connectivity index (χ3n) is 5.46. The Balaban J connectivity index is 1.50. The number of thiophene rings is 1. The Morgan fingerprint density at radius 2 is 1.67 bits per heavy atom. The van der Waals surface area contributed by atoms with Gasteiger partial charge in [-0.05, 0) is 49.6 Å². The van der Waals surface area contributed by atoms with Gasteiger partial charge in [-0.2, -0.15) is 0 Å². The van der Waals surface area contributed by atoms with Gasteiger partial charge in [0.1, 0.15) is 6.54 Å². The molecule has 0 bridgehead atoms. The van der Waals surface area contributed by atoms with E-state index in [4.69, 9.17) is 23.2 Å². The maximum absolute atomic E-state index is 13.4. The molecule has 1 aliphatic rings. The average Bonchev–Trinajstić information content (AvgIpc) is 3.56. The van der Waals surface area contributed by atoms with E-state index in [1.807, 2.05) is 35.2 Å². The highest BCUT2D eigenvalue weighted by molar-refractivity contribution is 7.11. The van der Waals surface area contributed by atoms with Gasteiger partial charge < -0.3 is 15.1 Å². The van der Waals surface area contributed by atoms with E-state index in [0.29, 0.717) is 28.8 Å². The van der Waals surface area contributed by atoms with Crippen LogP contribution in [0.15, 0.2) is 60.7 Å². The lowest BCUT2D eigenvalue weighted by Gasteiger charge is -2.28. The van der Waals surface area contributed by atoms with E-state index >= 15 is 0 Å². The molecule has 0 spiro atoms. The van der Waals surface area contributed by atoms with Gasteiger partial charge in [-0.3, -0.25) is 4.79 Å². The first kappa shape index (κ1) is 23.6. The van der Waals surface area contributed by atoms with Gasteiger partial charge in [0, 0.05) is 22.3 Å². The summed E-state index contributed by atoms with van der Waals surface area (Å²) < 4.78 is 0. The predicted octanol–water partition coefficient (Wildman–Crippen LogP) is 6.59. The molecule has 0 unspecified atom stereocenters. The molecule has 1 fully saturated rings. The fourth-order valence-electron chi connectivity index (χ4n) is 3.59. The topological polar surface area (TPSA) is 52.7 Å². The van der Waals surface area contributed by atoms with Crippen molar-refractivity contribution in [3.05, 3.63) is 86.0 Å². The van der Waals surface area contributed by atoms with Gasteiger partial charge >= 0.3 is 6.03 Å². The third-order valence-corrected chi connectivity index (χ3v) is 7.08. The minimum absolute atomic E-state index is 0.00420. The van der Waals surface area contributed by atoms with E-state index in [1.54, 1.807) is 34.4 Å². The molecule has 0 aliphatic heterocycles. The van der Waals surface area contributed by atoms with Crippen LogP contribution in [0.1, 0.15) is 28.2 Å². The van der Waals surface area contributed by atoms with E-state index < -0.39 is 0 Å². The molecular formula is C25H25Cl2N3O2S. The number of urea groups is 1. The number of rotatable bonds is 8. The summed E-state index contributed by atoms with van der Waals surface area (Å²) in [4.78, 5) is 32.3. The molecule has 1 aromatic heterocycles. The third kappa shape index (κ3) is 6.28. The first-order valence-corrected chi connectivity index (χ1v) is 12.4. The fourth-order valence-corrected chi connectivity index (χ4v) is 4.99. The van der Waals surface area contributed by atoms with Crippen LogP contribution in [0.4, 0.5) is 10.5 Å². The molecule has 3 amide bonds. The Kier molecular flexibility index (Phi) is 7.58. The molecule has 1 heterocycles. The van der Waals surface area contributed by atoms with Crippen molar-refractivity contribution in [2.24, 2.45) is 0 Å². The number of aryl methyl sites for hydroxylation is 1. The Bertz CT molecular complexity index is 1110. The zero-order chi connectivity index (χ0) is 23.4. The van der Waals surface area contributed by atoms with Gasteiger partial charge in [0.2, 0.25) is 5.91 Å². The van der Waals surface area contributed by atoms with Crippen molar-refractivity contribution >= 4 is 52.2 Å². The number of anilines is 1. The molecule has 4 rings (SSSR count). The molecule has 1 saturated carbocycles. The number of amides is 3. The Hall–Kier alpha value is -2.54. The van der Waals surface area contributed by atoms with Crippen LogP contribution in [0.25, 0.3) is 0 Å². The normalized spacial score (nSPS) is 12.9. The number of benzene rings is 2. The summed E-state index contributed by atoms with van der Waals surface area (Å²) in [6, 6.07) is 18.7. The maximum atomic E-state index is 13.4. The average molecular weight is 502 g/mol. The molecule has 0 atom stereocenters. The summed E-state index contributed by atoms with van der Waals surface area (Å²) in [6.07, 6.45) is 1.75. The van der Waals surface area contributed by atoms with Crippen LogP contribution in [-0.4, -0.2) is 34.3 Å². The number of hydrogen-bond donors (Lipinski definition) is 1. The number of nitrogens with zero attached hydrogens (tertiary/aromatic N) is 2. The molecule has 0 saturated heterocycles. The second-order valence-corrected chi connectivity index (χ2v) is 10.3. The largest absolute Gasteiger partial charge is 0.332 e. The zero-order valence-corrected chi connectivity index (χ0v) is 20.6. The van der Waals surface area contributed by atoms with E-state index in [2.05, 4.69) is 24.4 Å². The summed E-state index contributed by atoms with van der Waals surface area (Å²) in [6.45, 7) is 3.03. The molecule has 2 aromatic carbocycles. The highest BCUT2D eigenvalue weighted by atomic mass is 35.5. The fraction of sp³-hybridized carbons (Fsp3) is 0.280. The molecule has 1 aliphatic carbocycles. The van der Waals surface area contributed by atoms with E-state index in [1.165, 1.54) is 4.88 Å². The Morgan fingerprint density at radius 3 is 2.27 bits per heavy atom. The molecule has 0 radical (unpaired) electrons. The maximum Gasteiger partial charge on any atom is 0.322 e. The van der Waals surface area contributed by atoms with Gasteiger partial charge in [-0.15, -0.1) is 11.3 Å². The minimum atomic E-state index is -0.368. The summed E-state index contributed by atoms with van der Waals surface area (Å²) >= 11 is 14.1. The lowest BCUT2D eigenvalue weighted by atomic mass is 10.2. The van der Waals surface area contributed by atoms with Gasteiger partial charge in [-0.1, -0.05) is 59.6 Å². The number of hydrogen-bond acceptors (Lipinski definition) is 3. The van der Waals surface area contributed by atoms with Crippen LogP contribution in [0.3, 0.4) is 0 Å². The van der Waals surface area contributed by atoms with Crippen molar-refractivity contribution in [1.29, 1.82) is 0 Å². The lowest BCUT2D eigenvalue weighted by molar-refractivity contribution is -0.133. The first-order valence-electron chi connectivity index (χ1n) is 10.8. The lowest BCUT2D eigenvalue weighted by Crippen LogP contribution is -2.45. The number of nitrogens with one attached hydrogen (secondary N) is 1. The van der Waals surface area contributed by atoms with E-state index in [-0.39, 0.29) is 24.5 Å². The summed E-state index contributed by atoms with van der Waals surface area (Å²) in [7, 11) is 0. The summed E-state index contributed by atoms with van der Waals surface area (Å²) in [5.74, 6) is -0.0998. The van der Waals surface area contributed by atoms with Crippen molar-refractivity contribution in [1.82, 2.24) is 9.80 Å². The van der Waals surface area contributed by atoms with Crippen molar-refractivity contribution < 1.29 is 9.59 Å². The SMILES string of the molecule is Cc1ccc(CN(Cc2ccccc2)C(=O)CN(C(=O)Nc2c(Cl)cccc2Cl)C2CC2)s1. The van der Waals surface area contributed by atoms with Gasteiger partial charge in [-0.25, -0.2) is 4.79 Å². The smallest absolute Gasteiger partial charge is 0.322 e. The van der Waals surface area contributed by atoms with Crippen molar-refractivity contribution in [3.63, 3.8) is 0 Å². The van der Waals surface area contributed by atoms with Gasteiger partial charge in [0.15, 0.2) is 0 Å². The molecule has 33 heavy (non-hydrogen) atoms. The summed E-state index contributed by atoms with van der Waals surface area (Å²) in [5, 5.41) is 3.52. The van der Waals surface area contributed by atoms with Crippen molar-refractivity contribution in [2.75, 3.05) is 11.9 Å². The first-order chi connectivity index (χ1) is 15.9. The van der Waals surface area contributed by atoms with Crippen LogP contribution in [-0.2, 0) is 17.9 Å². The minimum Gasteiger partial charge on any atom is -0.332 e. The second-order valence-electron chi connectivity index (χ2n) is 8.13.